The number of piperidine rings is 1. The minimum absolute atomic E-state index is 0. The molecule has 3 heterocycles. The van der Waals surface area contributed by atoms with Gasteiger partial charge in [-0.15, -0.1) is 12.4 Å². The second-order valence-electron chi connectivity index (χ2n) is 6.63. The minimum Gasteiger partial charge on any atom is -0.350 e. The third kappa shape index (κ3) is 4.68. The summed E-state index contributed by atoms with van der Waals surface area (Å²) >= 11 is 0. The normalized spacial score (nSPS) is 19.5. The van der Waals surface area contributed by atoms with E-state index in [4.69, 9.17) is 0 Å². The third-order valence-corrected chi connectivity index (χ3v) is 4.65. The van der Waals surface area contributed by atoms with E-state index in [1.165, 1.54) is 32.4 Å². The number of nitrogens with one attached hydrogen (secondary N) is 3. The van der Waals surface area contributed by atoms with Gasteiger partial charge in [0.15, 0.2) is 5.69 Å². The first-order valence-corrected chi connectivity index (χ1v) is 8.51. The highest BCUT2D eigenvalue weighted by Gasteiger charge is 2.22. The Labute approximate surface area is 144 Å². The number of hydrogen-bond donors (Lipinski definition) is 3. The number of amides is 1. The molecule has 3 N–H and O–H groups in total. The number of nitrogens with zero attached hydrogens (tertiary/aromatic N) is 2. The predicted molar refractivity (Wildman–Crippen MR) is 93.0 cm³/mol. The van der Waals surface area contributed by atoms with E-state index in [0.717, 1.165) is 37.3 Å². The average molecular weight is 342 g/mol. The van der Waals surface area contributed by atoms with Gasteiger partial charge >= 0.3 is 0 Å². The van der Waals surface area contributed by atoms with Crippen LogP contribution in [0.2, 0.25) is 0 Å². The van der Waals surface area contributed by atoms with Crippen LogP contribution in [-0.4, -0.2) is 53.7 Å². The van der Waals surface area contributed by atoms with Gasteiger partial charge in [0.05, 0.1) is 0 Å². The molecule has 0 saturated carbocycles. The van der Waals surface area contributed by atoms with E-state index < -0.39 is 0 Å². The zero-order valence-corrected chi connectivity index (χ0v) is 14.7. The van der Waals surface area contributed by atoms with Gasteiger partial charge in [0.25, 0.3) is 5.91 Å². The van der Waals surface area contributed by atoms with Crippen molar-refractivity contribution in [3.05, 3.63) is 17.0 Å². The molecule has 0 radical (unpaired) electrons. The molecule has 2 aliphatic heterocycles. The van der Waals surface area contributed by atoms with Crippen molar-refractivity contribution in [1.29, 1.82) is 0 Å². The highest BCUT2D eigenvalue weighted by molar-refractivity contribution is 5.94. The smallest absolute Gasteiger partial charge is 0.272 e. The predicted octanol–water partition coefficient (Wildman–Crippen LogP) is 1.33. The van der Waals surface area contributed by atoms with Crippen LogP contribution in [0.5, 0.6) is 0 Å². The fourth-order valence-corrected chi connectivity index (χ4v) is 3.41. The van der Waals surface area contributed by atoms with Crippen molar-refractivity contribution in [2.24, 2.45) is 5.92 Å². The average Bonchev–Trinajstić information content (AvgIpc) is 2.98. The first-order chi connectivity index (χ1) is 10.7. The van der Waals surface area contributed by atoms with Crippen molar-refractivity contribution in [3.63, 3.8) is 0 Å². The molecule has 1 unspecified atom stereocenters. The van der Waals surface area contributed by atoms with Crippen LogP contribution in [-0.2, 0) is 13.0 Å². The summed E-state index contributed by atoms with van der Waals surface area (Å²) in [7, 11) is 0. The zero-order chi connectivity index (χ0) is 15.4. The molecule has 1 aromatic rings. The van der Waals surface area contributed by atoms with Crippen molar-refractivity contribution >= 4 is 18.3 Å². The molecule has 1 aromatic heterocycles. The van der Waals surface area contributed by atoms with Gasteiger partial charge in [0.2, 0.25) is 0 Å². The van der Waals surface area contributed by atoms with Crippen molar-refractivity contribution in [2.75, 3.05) is 32.7 Å². The van der Waals surface area contributed by atoms with Gasteiger partial charge in [-0.3, -0.25) is 9.89 Å². The molecule has 2 aliphatic rings. The van der Waals surface area contributed by atoms with Crippen molar-refractivity contribution < 1.29 is 4.79 Å². The highest BCUT2D eigenvalue weighted by Crippen LogP contribution is 2.15. The number of likely N-dealkylation sites (tertiary alicyclic amines) is 1. The van der Waals surface area contributed by atoms with Gasteiger partial charge in [-0.2, -0.15) is 5.10 Å². The first-order valence-electron chi connectivity index (χ1n) is 8.51. The molecule has 0 spiro atoms. The van der Waals surface area contributed by atoms with Gasteiger partial charge in [0.1, 0.15) is 0 Å². The summed E-state index contributed by atoms with van der Waals surface area (Å²) < 4.78 is 0. The Hall–Kier alpha value is -1.11. The number of aromatic amines is 1. The summed E-state index contributed by atoms with van der Waals surface area (Å²) in [5, 5.41) is 13.5. The maximum atomic E-state index is 12.3. The standard InChI is InChI=1S/C16H27N5O.ClH/c1-12(11-21-7-3-2-4-8-21)9-18-16(22)15-13-10-17-6-5-14(13)19-20-15;/h12,17H,2-11H2,1H3,(H,18,22)(H,19,20);1H. The molecule has 0 bridgehead atoms. The summed E-state index contributed by atoms with van der Waals surface area (Å²) in [5.74, 6) is 0.418. The van der Waals surface area contributed by atoms with Crippen LogP contribution in [0.4, 0.5) is 0 Å². The van der Waals surface area contributed by atoms with E-state index in [1.54, 1.807) is 0 Å². The molecule has 3 rings (SSSR count). The van der Waals surface area contributed by atoms with E-state index in [-0.39, 0.29) is 18.3 Å². The molecule has 0 aromatic carbocycles. The maximum absolute atomic E-state index is 12.3. The van der Waals surface area contributed by atoms with Crippen molar-refractivity contribution in [1.82, 2.24) is 25.7 Å². The lowest BCUT2D eigenvalue weighted by Crippen LogP contribution is -2.38. The number of carbonyl (C=O) groups is 1. The van der Waals surface area contributed by atoms with Gasteiger partial charge in [-0.25, -0.2) is 0 Å². The molecule has 1 saturated heterocycles. The SMILES string of the molecule is CC(CNC(=O)c1n[nH]c2c1CNCC2)CN1CCCCC1.Cl. The Morgan fingerprint density at radius 2 is 2.13 bits per heavy atom. The summed E-state index contributed by atoms with van der Waals surface area (Å²) in [5.41, 5.74) is 2.70. The second kappa shape index (κ2) is 8.66. The Kier molecular flexibility index (Phi) is 6.87. The number of hydrogen-bond acceptors (Lipinski definition) is 4. The molecule has 6 nitrogen and oxygen atoms in total. The van der Waals surface area contributed by atoms with Crippen LogP contribution < -0.4 is 10.6 Å². The lowest BCUT2D eigenvalue weighted by Gasteiger charge is -2.29. The Morgan fingerprint density at radius 3 is 2.91 bits per heavy atom. The molecule has 23 heavy (non-hydrogen) atoms. The highest BCUT2D eigenvalue weighted by atomic mass is 35.5. The van der Waals surface area contributed by atoms with E-state index in [1.807, 2.05) is 0 Å². The lowest BCUT2D eigenvalue weighted by atomic mass is 10.1. The number of H-pyrrole nitrogens is 1. The quantitative estimate of drug-likeness (QED) is 0.755. The van der Waals surface area contributed by atoms with Crippen LogP contribution in [0.15, 0.2) is 0 Å². The summed E-state index contributed by atoms with van der Waals surface area (Å²) in [6.45, 7) is 8.08. The molecular weight excluding hydrogens is 314 g/mol. The number of halogens is 1. The van der Waals surface area contributed by atoms with E-state index in [2.05, 4.69) is 32.7 Å². The molecule has 1 amide bonds. The van der Waals surface area contributed by atoms with Gasteiger partial charge < -0.3 is 15.5 Å². The fourth-order valence-electron chi connectivity index (χ4n) is 3.41. The Morgan fingerprint density at radius 1 is 1.35 bits per heavy atom. The van der Waals surface area contributed by atoms with Crippen molar-refractivity contribution in [3.8, 4) is 0 Å². The maximum Gasteiger partial charge on any atom is 0.272 e. The summed E-state index contributed by atoms with van der Waals surface area (Å²) in [6.07, 6.45) is 4.90. The molecular formula is C16H28ClN5O. The first kappa shape index (κ1) is 18.2. The van der Waals surface area contributed by atoms with E-state index in [0.29, 0.717) is 18.2 Å². The number of aromatic nitrogens is 2. The molecule has 7 heteroatoms. The largest absolute Gasteiger partial charge is 0.350 e. The molecule has 1 atom stereocenters. The number of fused-ring (bicyclic) bond motifs is 1. The van der Waals surface area contributed by atoms with Crippen molar-refractivity contribution in [2.45, 2.75) is 39.2 Å². The van der Waals surface area contributed by atoms with Crippen LogP contribution in [0.3, 0.4) is 0 Å². The van der Waals surface area contributed by atoms with Crippen LogP contribution in [0.1, 0.15) is 47.9 Å². The lowest BCUT2D eigenvalue weighted by molar-refractivity contribution is 0.0936. The van der Waals surface area contributed by atoms with Crippen LogP contribution >= 0.6 is 12.4 Å². The summed E-state index contributed by atoms with van der Waals surface area (Å²) in [4.78, 5) is 14.9. The zero-order valence-electron chi connectivity index (χ0n) is 13.9. The molecule has 1 fully saturated rings. The van der Waals surface area contributed by atoms with Gasteiger partial charge in [-0.1, -0.05) is 13.3 Å². The number of rotatable bonds is 5. The topological polar surface area (TPSA) is 73.0 Å². The number of carbonyl (C=O) groups excluding carboxylic acids is 1. The fraction of sp³-hybridized carbons (Fsp3) is 0.750. The van der Waals surface area contributed by atoms with Crippen LogP contribution in [0, 0.1) is 5.92 Å². The van der Waals surface area contributed by atoms with Crippen LogP contribution in [0.25, 0.3) is 0 Å². The molecule has 130 valence electrons. The van der Waals surface area contributed by atoms with E-state index >= 15 is 0 Å². The molecule has 0 aliphatic carbocycles. The third-order valence-electron chi connectivity index (χ3n) is 4.65. The Balaban J connectivity index is 0.00000192. The monoisotopic (exact) mass is 341 g/mol. The van der Waals surface area contributed by atoms with Gasteiger partial charge in [-0.05, 0) is 31.8 Å². The van der Waals surface area contributed by atoms with Gasteiger partial charge in [0, 0.05) is 43.9 Å². The van der Waals surface area contributed by atoms with E-state index in [9.17, 15) is 4.79 Å². The second-order valence-corrected chi connectivity index (χ2v) is 6.63. The Bertz CT molecular complexity index is 513. The minimum atomic E-state index is -0.0494. The summed E-state index contributed by atoms with van der Waals surface area (Å²) in [6, 6.07) is 0.